The van der Waals surface area contributed by atoms with Crippen molar-refractivity contribution in [3.63, 3.8) is 0 Å². The van der Waals surface area contributed by atoms with E-state index in [-0.39, 0.29) is 13.0 Å². The predicted octanol–water partition coefficient (Wildman–Crippen LogP) is 2.20. The summed E-state index contributed by atoms with van der Waals surface area (Å²) in [5, 5.41) is 15.5. The molecular formula is C26H28N4O6. The number of aliphatic carboxylic acids is 1. The van der Waals surface area contributed by atoms with Crippen LogP contribution < -0.4 is 10.6 Å². The van der Waals surface area contributed by atoms with Gasteiger partial charge in [0.2, 0.25) is 11.8 Å². The lowest BCUT2D eigenvalue weighted by Gasteiger charge is -2.23. The molecule has 0 aliphatic carbocycles. The van der Waals surface area contributed by atoms with Gasteiger partial charge in [-0.05, 0) is 30.0 Å². The topological polar surface area (TPSA) is 141 Å². The molecule has 1 saturated heterocycles. The third-order valence-corrected chi connectivity index (χ3v) is 6.15. The summed E-state index contributed by atoms with van der Waals surface area (Å²) in [5.74, 6) is -2.29. The van der Waals surface area contributed by atoms with E-state index in [0.29, 0.717) is 19.4 Å². The molecule has 1 aliphatic heterocycles. The van der Waals surface area contributed by atoms with Gasteiger partial charge in [-0.2, -0.15) is 0 Å². The van der Waals surface area contributed by atoms with Crippen LogP contribution in [-0.2, 0) is 32.1 Å². The average molecular weight is 493 g/mol. The molecule has 2 heterocycles. The van der Waals surface area contributed by atoms with Gasteiger partial charge >= 0.3 is 12.1 Å². The van der Waals surface area contributed by atoms with Crippen molar-refractivity contribution in [1.29, 1.82) is 0 Å². The molecule has 3 aromatic rings. The number of amides is 3. The highest BCUT2D eigenvalue weighted by Crippen LogP contribution is 2.20. The van der Waals surface area contributed by atoms with E-state index < -0.39 is 42.5 Å². The number of ether oxygens (including phenoxy) is 1. The molecule has 0 bridgehead atoms. The lowest BCUT2D eigenvalue weighted by Crippen LogP contribution is -2.50. The summed E-state index contributed by atoms with van der Waals surface area (Å²) in [4.78, 5) is 53.8. The van der Waals surface area contributed by atoms with Crippen molar-refractivity contribution >= 4 is 34.8 Å². The smallest absolute Gasteiger partial charge is 0.410 e. The predicted molar refractivity (Wildman–Crippen MR) is 131 cm³/mol. The quantitative estimate of drug-likeness (QED) is 0.361. The molecule has 2 atom stereocenters. The van der Waals surface area contributed by atoms with Gasteiger partial charge in [0.05, 0.1) is 6.54 Å². The highest BCUT2D eigenvalue weighted by atomic mass is 16.6. The maximum Gasteiger partial charge on any atom is 0.410 e. The number of H-pyrrole nitrogens is 1. The third kappa shape index (κ3) is 6.01. The first-order chi connectivity index (χ1) is 17.4. The second-order valence-electron chi connectivity index (χ2n) is 8.63. The van der Waals surface area contributed by atoms with Crippen molar-refractivity contribution in [3.05, 3.63) is 71.9 Å². The number of aromatic amines is 1. The number of fused-ring (bicyclic) bond motifs is 1. The number of para-hydroxylation sites is 1. The van der Waals surface area contributed by atoms with Crippen molar-refractivity contribution < 1.29 is 29.0 Å². The minimum Gasteiger partial charge on any atom is -0.480 e. The maximum absolute atomic E-state index is 12.7. The monoisotopic (exact) mass is 492 g/mol. The number of hydrogen-bond donors (Lipinski definition) is 4. The maximum atomic E-state index is 12.7. The number of likely N-dealkylation sites (tertiary alicyclic amines) is 1. The van der Waals surface area contributed by atoms with Gasteiger partial charge in [0.15, 0.2) is 0 Å². The number of carboxylic acids is 1. The van der Waals surface area contributed by atoms with Gasteiger partial charge in [0.25, 0.3) is 0 Å². The van der Waals surface area contributed by atoms with E-state index in [4.69, 9.17) is 4.74 Å². The van der Waals surface area contributed by atoms with Crippen molar-refractivity contribution in [3.8, 4) is 0 Å². The van der Waals surface area contributed by atoms with E-state index in [2.05, 4.69) is 15.6 Å². The Morgan fingerprint density at radius 1 is 1.08 bits per heavy atom. The van der Waals surface area contributed by atoms with E-state index in [1.54, 1.807) is 6.20 Å². The van der Waals surface area contributed by atoms with Gasteiger partial charge < -0.3 is 25.5 Å². The summed E-state index contributed by atoms with van der Waals surface area (Å²) in [6.07, 6.45) is 2.30. The molecule has 4 N–H and O–H groups in total. The number of carbonyl (C=O) groups is 4. The van der Waals surface area contributed by atoms with Crippen LogP contribution in [0.4, 0.5) is 4.79 Å². The fraction of sp³-hybridized carbons (Fsp3) is 0.308. The number of hydrogen-bond acceptors (Lipinski definition) is 5. The Morgan fingerprint density at radius 2 is 1.83 bits per heavy atom. The second-order valence-corrected chi connectivity index (χ2v) is 8.63. The Kier molecular flexibility index (Phi) is 7.84. The molecule has 3 amide bonds. The standard InChI is InChI=1S/C26H28N4O6/c31-23(29-21(25(33)34)13-18-14-27-20-10-5-4-9-19(18)20)15-28-24(32)22-11-6-12-30(22)26(35)36-16-17-7-2-1-3-8-17/h1-5,7-10,14,21-22,27H,6,11-13,15-16H2,(H,28,32)(H,29,31)(H,33,34)/t21-,22-/m1/s1. The Bertz CT molecular complexity index is 1240. The van der Waals surface area contributed by atoms with Crippen LogP contribution in [0.25, 0.3) is 10.9 Å². The van der Waals surface area contributed by atoms with Crippen LogP contribution in [0.15, 0.2) is 60.8 Å². The van der Waals surface area contributed by atoms with E-state index >= 15 is 0 Å². The number of benzene rings is 2. The minimum absolute atomic E-state index is 0.0860. The first-order valence-electron chi connectivity index (χ1n) is 11.7. The highest BCUT2D eigenvalue weighted by molar-refractivity contribution is 5.91. The van der Waals surface area contributed by atoms with Crippen LogP contribution in [0.3, 0.4) is 0 Å². The molecule has 4 rings (SSSR count). The van der Waals surface area contributed by atoms with Crippen molar-refractivity contribution in [2.24, 2.45) is 0 Å². The summed E-state index contributed by atoms with van der Waals surface area (Å²) in [6, 6.07) is 14.8. The Morgan fingerprint density at radius 3 is 2.61 bits per heavy atom. The van der Waals surface area contributed by atoms with Gasteiger partial charge in [-0.25, -0.2) is 9.59 Å². The van der Waals surface area contributed by atoms with E-state index in [9.17, 15) is 24.3 Å². The molecule has 1 aromatic heterocycles. The van der Waals surface area contributed by atoms with E-state index in [0.717, 1.165) is 22.0 Å². The van der Waals surface area contributed by atoms with E-state index in [1.165, 1.54) is 4.90 Å². The summed E-state index contributed by atoms with van der Waals surface area (Å²) >= 11 is 0. The van der Waals surface area contributed by atoms with Crippen LogP contribution in [-0.4, -0.2) is 64.0 Å². The molecule has 10 heteroatoms. The number of carboxylic acid groups (broad SMARTS) is 1. The number of nitrogens with one attached hydrogen (secondary N) is 3. The highest BCUT2D eigenvalue weighted by Gasteiger charge is 2.35. The van der Waals surface area contributed by atoms with Crippen LogP contribution in [0, 0.1) is 0 Å². The van der Waals surface area contributed by atoms with Crippen LogP contribution >= 0.6 is 0 Å². The molecule has 0 saturated carbocycles. The SMILES string of the molecule is O=C(CNC(=O)[C@H]1CCCN1C(=O)OCc1ccccc1)N[C@H](Cc1c[nH]c2ccccc12)C(=O)O. The molecular weight excluding hydrogens is 464 g/mol. The lowest BCUT2D eigenvalue weighted by molar-refractivity contribution is -0.141. The van der Waals surface area contributed by atoms with Crippen molar-refractivity contribution in [2.75, 3.05) is 13.1 Å². The lowest BCUT2D eigenvalue weighted by atomic mass is 10.0. The molecule has 0 unspecified atom stereocenters. The summed E-state index contributed by atoms with van der Waals surface area (Å²) in [5.41, 5.74) is 2.47. The normalized spacial score (nSPS) is 15.9. The number of carbonyl (C=O) groups excluding carboxylic acids is 3. The molecule has 0 spiro atoms. The van der Waals surface area contributed by atoms with Crippen LogP contribution in [0.2, 0.25) is 0 Å². The zero-order chi connectivity index (χ0) is 25.5. The minimum atomic E-state index is -1.18. The zero-order valence-corrected chi connectivity index (χ0v) is 19.6. The second kappa shape index (κ2) is 11.4. The van der Waals surface area contributed by atoms with Crippen molar-refractivity contribution in [1.82, 2.24) is 20.5 Å². The Labute approximate surface area is 207 Å². The van der Waals surface area contributed by atoms with Gasteiger partial charge in [0.1, 0.15) is 18.7 Å². The summed E-state index contributed by atoms with van der Waals surface area (Å²) in [7, 11) is 0. The van der Waals surface area contributed by atoms with Crippen molar-refractivity contribution in [2.45, 2.75) is 38.0 Å². The molecule has 10 nitrogen and oxygen atoms in total. The number of nitrogens with zero attached hydrogens (tertiary/aromatic N) is 1. The first kappa shape index (κ1) is 24.8. The number of rotatable bonds is 9. The molecule has 2 aromatic carbocycles. The molecule has 1 aliphatic rings. The molecule has 0 radical (unpaired) electrons. The third-order valence-electron chi connectivity index (χ3n) is 6.15. The fourth-order valence-electron chi connectivity index (χ4n) is 4.31. The zero-order valence-electron chi connectivity index (χ0n) is 19.6. The largest absolute Gasteiger partial charge is 0.480 e. The van der Waals surface area contributed by atoms with Gasteiger partial charge in [-0.3, -0.25) is 14.5 Å². The van der Waals surface area contributed by atoms with Crippen LogP contribution in [0.5, 0.6) is 0 Å². The van der Waals surface area contributed by atoms with Crippen LogP contribution in [0.1, 0.15) is 24.0 Å². The summed E-state index contributed by atoms with van der Waals surface area (Å²) in [6.45, 7) is 0.0729. The molecule has 1 fully saturated rings. The molecule has 36 heavy (non-hydrogen) atoms. The van der Waals surface area contributed by atoms with Gasteiger partial charge in [-0.1, -0.05) is 48.5 Å². The Balaban J connectivity index is 1.28. The Hall–Kier alpha value is -4.34. The summed E-state index contributed by atoms with van der Waals surface area (Å²) < 4.78 is 5.34. The van der Waals surface area contributed by atoms with E-state index in [1.807, 2.05) is 54.6 Å². The van der Waals surface area contributed by atoms with Gasteiger partial charge in [0, 0.05) is 30.1 Å². The number of aromatic nitrogens is 1. The molecule has 188 valence electrons. The average Bonchev–Trinajstić information content (AvgIpc) is 3.54. The fourth-order valence-corrected chi connectivity index (χ4v) is 4.31. The first-order valence-corrected chi connectivity index (χ1v) is 11.7. The van der Waals surface area contributed by atoms with Gasteiger partial charge in [-0.15, -0.1) is 0 Å².